The Morgan fingerprint density at radius 3 is 2.53 bits per heavy atom. The van der Waals surface area contributed by atoms with E-state index in [1.807, 2.05) is 54.2 Å². The van der Waals surface area contributed by atoms with Crippen LogP contribution in [0.15, 0.2) is 42.6 Å². The van der Waals surface area contributed by atoms with E-state index in [-0.39, 0.29) is 5.91 Å². The number of rotatable bonds is 7. The molecule has 7 heteroatoms. The van der Waals surface area contributed by atoms with E-state index < -0.39 is 0 Å². The van der Waals surface area contributed by atoms with Crippen LogP contribution in [0.1, 0.15) is 16.1 Å². The summed E-state index contributed by atoms with van der Waals surface area (Å²) < 4.78 is 17.9. The lowest BCUT2D eigenvalue weighted by Crippen LogP contribution is -2.27. The number of H-pyrrole nitrogens is 1. The molecule has 0 aliphatic heterocycles. The topological polar surface area (TPSA) is 77.5 Å². The van der Waals surface area contributed by atoms with Gasteiger partial charge in [-0.15, -0.1) is 0 Å². The van der Waals surface area contributed by atoms with Crippen molar-refractivity contribution in [2.75, 3.05) is 27.9 Å². The van der Waals surface area contributed by atoms with Crippen molar-refractivity contribution in [1.29, 1.82) is 0 Å². The number of amides is 1. The first-order valence-corrected chi connectivity index (χ1v) is 9.69. The fourth-order valence-corrected chi connectivity index (χ4v) is 3.77. The predicted octanol–water partition coefficient (Wildman–Crippen LogP) is 3.66. The monoisotopic (exact) mass is 407 g/mol. The van der Waals surface area contributed by atoms with Gasteiger partial charge < -0.3 is 29.1 Å². The zero-order chi connectivity index (χ0) is 21.3. The molecule has 0 radical (unpaired) electrons. The van der Waals surface area contributed by atoms with E-state index in [0.717, 1.165) is 33.1 Å². The Balaban J connectivity index is 1.50. The van der Waals surface area contributed by atoms with Gasteiger partial charge in [0, 0.05) is 42.1 Å². The summed E-state index contributed by atoms with van der Waals surface area (Å²) >= 11 is 0. The molecule has 4 rings (SSSR count). The van der Waals surface area contributed by atoms with Gasteiger partial charge in [-0.1, -0.05) is 0 Å². The molecule has 0 saturated carbocycles. The molecule has 2 aromatic carbocycles. The molecule has 0 saturated heterocycles. The van der Waals surface area contributed by atoms with Crippen molar-refractivity contribution in [2.24, 2.45) is 7.05 Å². The van der Waals surface area contributed by atoms with Gasteiger partial charge in [0.2, 0.25) is 0 Å². The number of hydrogen-bond donors (Lipinski definition) is 2. The van der Waals surface area contributed by atoms with Gasteiger partial charge in [0.25, 0.3) is 5.91 Å². The number of nitrogens with one attached hydrogen (secondary N) is 2. The maximum atomic E-state index is 12.8. The molecule has 1 amide bonds. The van der Waals surface area contributed by atoms with Crippen LogP contribution in [0, 0.1) is 0 Å². The second-order valence-electron chi connectivity index (χ2n) is 7.09. The third-order valence-corrected chi connectivity index (χ3v) is 5.43. The van der Waals surface area contributed by atoms with E-state index >= 15 is 0 Å². The van der Waals surface area contributed by atoms with Gasteiger partial charge in [0.1, 0.15) is 11.4 Å². The number of hydrogen-bond acceptors (Lipinski definition) is 4. The van der Waals surface area contributed by atoms with Crippen molar-refractivity contribution in [2.45, 2.75) is 6.42 Å². The van der Waals surface area contributed by atoms with Gasteiger partial charge in [0.05, 0.1) is 26.8 Å². The SMILES string of the molecule is COc1ccc2[nH]cc(CCNC(=O)c3cc4cc(OC)c(OC)cc4n3C)c2c1. The third kappa shape index (κ3) is 3.43. The van der Waals surface area contributed by atoms with E-state index in [1.165, 1.54) is 0 Å². The second-order valence-corrected chi connectivity index (χ2v) is 7.09. The standard InChI is InChI=1S/C23H25N3O4/c1-26-19-12-22(30-4)21(29-3)10-15(19)9-20(26)23(27)24-8-7-14-13-25-18-6-5-16(28-2)11-17(14)18/h5-6,9-13,25H,7-8H2,1-4H3,(H,24,27). The first kappa shape index (κ1) is 19.7. The second kappa shape index (κ2) is 8.02. The van der Waals surface area contributed by atoms with E-state index in [0.29, 0.717) is 30.2 Å². The van der Waals surface area contributed by atoms with Crippen molar-refractivity contribution >= 4 is 27.7 Å². The molecule has 156 valence electrons. The van der Waals surface area contributed by atoms with Crippen LogP contribution in [0.2, 0.25) is 0 Å². The minimum absolute atomic E-state index is 0.121. The first-order valence-electron chi connectivity index (χ1n) is 9.69. The van der Waals surface area contributed by atoms with Gasteiger partial charge in [-0.05, 0) is 42.3 Å². The van der Waals surface area contributed by atoms with Crippen LogP contribution in [0.5, 0.6) is 17.2 Å². The number of aromatic amines is 1. The summed E-state index contributed by atoms with van der Waals surface area (Å²) in [5.41, 5.74) is 3.67. The van der Waals surface area contributed by atoms with Gasteiger partial charge in [-0.25, -0.2) is 0 Å². The number of carbonyl (C=O) groups is 1. The number of aryl methyl sites for hydroxylation is 1. The average molecular weight is 407 g/mol. The summed E-state index contributed by atoms with van der Waals surface area (Å²) in [5, 5.41) is 5.05. The van der Waals surface area contributed by atoms with E-state index in [4.69, 9.17) is 14.2 Å². The maximum Gasteiger partial charge on any atom is 0.267 e. The summed E-state index contributed by atoms with van der Waals surface area (Å²) in [7, 11) is 6.72. The predicted molar refractivity (Wildman–Crippen MR) is 117 cm³/mol. The molecular formula is C23H25N3O4. The van der Waals surface area contributed by atoms with Crippen molar-refractivity contribution in [3.63, 3.8) is 0 Å². The molecule has 2 heterocycles. The average Bonchev–Trinajstić information content (AvgIpc) is 3.32. The molecular weight excluding hydrogens is 382 g/mol. The molecule has 0 aliphatic rings. The third-order valence-electron chi connectivity index (χ3n) is 5.43. The number of ether oxygens (including phenoxy) is 3. The fourth-order valence-electron chi connectivity index (χ4n) is 3.77. The Hall–Kier alpha value is -3.61. The van der Waals surface area contributed by atoms with Crippen LogP contribution < -0.4 is 19.5 Å². The number of carbonyl (C=O) groups excluding carboxylic acids is 1. The van der Waals surface area contributed by atoms with Gasteiger partial charge in [0.15, 0.2) is 11.5 Å². The number of methoxy groups -OCH3 is 3. The zero-order valence-corrected chi connectivity index (χ0v) is 17.5. The zero-order valence-electron chi connectivity index (χ0n) is 17.5. The van der Waals surface area contributed by atoms with Crippen LogP contribution in [-0.2, 0) is 13.5 Å². The van der Waals surface area contributed by atoms with E-state index in [2.05, 4.69) is 10.3 Å². The number of fused-ring (bicyclic) bond motifs is 2. The molecule has 4 aromatic rings. The van der Waals surface area contributed by atoms with Crippen LogP contribution in [-0.4, -0.2) is 43.3 Å². The maximum absolute atomic E-state index is 12.8. The fraction of sp³-hybridized carbons (Fsp3) is 0.261. The lowest BCUT2D eigenvalue weighted by Gasteiger charge is -2.09. The van der Waals surface area contributed by atoms with Crippen LogP contribution in [0.3, 0.4) is 0 Å². The van der Waals surface area contributed by atoms with Gasteiger partial charge in [-0.2, -0.15) is 0 Å². The minimum atomic E-state index is -0.121. The van der Waals surface area contributed by atoms with Crippen molar-refractivity contribution in [3.8, 4) is 17.2 Å². The van der Waals surface area contributed by atoms with Crippen molar-refractivity contribution in [3.05, 3.63) is 53.9 Å². The van der Waals surface area contributed by atoms with Crippen molar-refractivity contribution < 1.29 is 19.0 Å². The van der Waals surface area contributed by atoms with Crippen LogP contribution >= 0.6 is 0 Å². The number of benzene rings is 2. The van der Waals surface area contributed by atoms with Crippen LogP contribution in [0.4, 0.5) is 0 Å². The molecule has 0 unspecified atom stereocenters. The molecule has 2 aromatic heterocycles. The first-order chi connectivity index (χ1) is 14.5. The van der Waals surface area contributed by atoms with Gasteiger partial charge >= 0.3 is 0 Å². The Labute approximate surface area is 174 Å². The highest BCUT2D eigenvalue weighted by Crippen LogP contribution is 2.33. The quantitative estimate of drug-likeness (QED) is 0.490. The molecule has 0 bridgehead atoms. The summed E-state index contributed by atoms with van der Waals surface area (Å²) in [6, 6.07) is 11.5. The van der Waals surface area contributed by atoms with Crippen LogP contribution in [0.25, 0.3) is 21.8 Å². The van der Waals surface area contributed by atoms with E-state index in [9.17, 15) is 4.79 Å². The summed E-state index contributed by atoms with van der Waals surface area (Å²) in [5.74, 6) is 1.96. The molecule has 0 atom stereocenters. The molecule has 7 nitrogen and oxygen atoms in total. The van der Waals surface area contributed by atoms with E-state index in [1.54, 1.807) is 21.3 Å². The summed E-state index contributed by atoms with van der Waals surface area (Å²) in [4.78, 5) is 16.1. The van der Waals surface area contributed by atoms with Gasteiger partial charge in [-0.3, -0.25) is 4.79 Å². The van der Waals surface area contributed by atoms with Crippen molar-refractivity contribution in [1.82, 2.24) is 14.9 Å². The molecule has 30 heavy (non-hydrogen) atoms. The molecule has 2 N–H and O–H groups in total. The number of nitrogens with zero attached hydrogens (tertiary/aromatic N) is 1. The highest BCUT2D eigenvalue weighted by molar-refractivity contribution is 5.99. The lowest BCUT2D eigenvalue weighted by atomic mass is 10.1. The largest absolute Gasteiger partial charge is 0.497 e. The Kier molecular flexibility index (Phi) is 5.27. The normalized spacial score (nSPS) is 11.1. The summed E-state index contributed by atoms with van der Waals surface area (Å²) in [6.07, 6.45) is 2.69. The Bertz CT molecular complexity index is 1220. The molecule has 0 fully saturated rings. The minimum Gasteiger partial charge on any atom is -0.497 e. The summed E-state index contributed by atoms with van der Waals surface area (Å²) in [6.45, 7) is 0.525. The highest BCUT2D eigenvalue weighted by Gasteiger charge is 2.16. The number of aromatic nitrogens is 2. The molecule has 0 aliphatic carbocycles. The Morgan fingerprint density at radius 2 is 1.80 bits per heavy atom. The Morgan fingerprint density at radius 1 is 1.03 bits per heavy atom. The molecule has 0 spiro atoms. The lowest BCUT2D eigenvalue weighted by molar-refractivity contribution is 0.0946. The smallest absolute Gasteiger partial charge is 0.267 e. The highest BCUT2D eigenvalue weighted by atomic mass is 16.5.